The Bertz CT molecular complexity index is 388. The van der Waals surface area contributed by atoms with Crippen LogP contribution in [0.3, 0.4) is 0 Å². The van der Waals surface area contributed by atoms with E-state index in [1.165, 1.54) is 12.1 Å². The van der Waals surface area contributed by atoms with E-state index in [1.807, 2.05) is 0 Å². The first-order valence-corrected chi connectivity index (χ1v) is 5.49. The molecule has 0 bridgehead atoms. The van der Waals surface area contributed by atoms with Crippen LogP contribution in [0.2, 0.25) is 0 Å². The van der Waals surface area contributed by atoms with Crippen molar-refractivity contribution >= 4 is 5.69 Å². The molecule has 1 N–H and O–H groups in total. The Balaban J connectivity index is 1.97. The van der Waals surface area contributed by atoms with Crippen molar-refractivity contribution in [2.45, 2.75) is 25.9 Å². The molecule has 3 atom stereocenters. The number of aliphatic hydroxyl groups excluding tert-OH is 1. The Morgan fingerprint density at radius 2 is 2.06 bits per heavy atom. The van der Waals surface area contributed by atoms with Gasteiger partial charge in [0.1, 0.15) is 0 Å². The van der Waals surface area contributed by atoms with Gasteiger partial charge in [0.05, 0.1) is 11.0 Å². The molecule has 1 aliphatic carbocycles. The van der Waals surface area contributed by atoms with Crippen LogP contribution >= 0.6 is 0 Å². The number of nitro benzene ring substituents is 1. The van der Waals surface area contributed by atoms with Crippen molar-refractivity contribution in [2.75, 3.05) is 0 Å². The fourth-order valence-electron chi connectivity index (χ4n) is 2.03. The highest BCUT2D eigenvalue weighted by molar-refractivity contribution is 5.33. The number of rotatable bonds is 4. The average Bonchev–Trinajstić information content (AvgIpc) is 2.96. The van der Waals surface area contributed by atoms with Crippen molar-refractivity contribution in [3.63, 3.8) is 0 Å². The lowest BCUT2D eigenvalue weighted by Crippen LogP contribution is -2.13. The molecule has 0 heterocycles. The first-order valence-electron chi connectivity index (χ1n) is 5.49. The molecule has 1 aromatic rings. The van der Waals surface area contributed by atoms with Crippen LogP contribution in [0.5, 0.6) is 0 Å². The summed E-state index contributed by atoms with van der Waals surface area (Å²) in [7, 11) is 0. The van der Waals surface area contributed by atoms with E-state index in [4.69, 9.17) is 0 Å². The number of nitro groups is 1. The predicted octanol–water partition coefficient (Wildman–Crippen LogP) is 2.15. The topological polar surface area (TPSA) is 63.4 Å². The number of hydrogen-bond acceptors (Lipinski definition) is 3. The van der Waals surface area contributed by atoms with Crippen LogP contribution in [0.15, 0.2) is 24.3 Å². The first kappa shape index (κ1) is 11.1. The summed E-state index contributed by atoms with van der Waals surface area (Å²) in [4.78, 5) is 10.0. The molecule has 0 aliphatic heterocycles. The summed E-state index contributed by atoms with van der Waals surface area (Å²) < 4.78 is 0. The van der Waals surface area contributed by atoms with Crippen molar-refractivity contribution < 1.29 is 10.0 Å². The molecule has 16 heavy (non-hydrogen) atoms. The van der Waals surface area contributed by atoms with Gasteiger partial charge in [0.25, 0.3) is 5.69 Å². The van der Waals surface area contributed by atoms with Crippen LogP contribution in [-0.2, 0) is 6.42 Å². The SMILES string of the molecule is CC1CC1C(O)Cc1ccc([N+](=O)[O-])cc1. The van der Waals surface area contributed by atoms with Crippen molar-refractivity contribution in [1.82, 2.24) is 0 Å². The van der Waals surface area contributed by atoms with Gasteiger partial charge in [-0.3, -0.25) is 10.1 Å². The first-order chi connectivity index (χ1) is 7.58. The van der Waals surface area contributed by atoms with Crippen LogP contribution in [0.4, 0.5) is 5.69 Å². The summed E-state index contributed by atoms with van der Waals surface area (Å²) in [6, 6.07) is 6.40. The highest BCUT2D eigenvalue weighted by atomic mass is 16.6. The highest BCUT2D eigenvalue weighted by Gasteiger charge is 2.38. The molecule has 0 saturated heterocycles. The summed E-state index contributed by atoms with van der Waals surface area (Å²) in [5, 5.41) is 20.3. The Labute approximate surface area is 94.1 Å². The van der Waals surface area contributed by atoms with E-state index in [-0.39, 0.29) is 11.8 Å². The normalized spacial score (nSPS) is 25.1. The molecule has 2 rings (SSSR count). The lowest BCUT2D eigenvalue weighted by atomic mass is 10.0. The van der Waals surface area contributed by atoms with Gasteiger partial charge in [-0.05, 0) is 30.2 Å². The molecule has 1 saturated carbocycles. The van der Waals surface area contributed by atoms with Crippen molar-refractivity contribution in [1.29, 1.82) is 0 Å². The third kappa shape index (κ3) is 2.39. The van der Waals surface area contributed by atoms with Crippen LogP contribution < -0.4 is 0 Å². The highest BCUT2D eigenvalue weighted by Crippen LogP contribution is 2.41. The van der Waals surface area contributed by atoms with Crippen molar-refractivity contribution in [3.05, 3.63) is 39.9 Å². The van der Waals surface area contributed by atoms with Gasteiger partial charge < -0.3 is 5.11 Å². The summed E-state index contributed by atoms with van der Waals surface area (Å²) in [6.07, 6.45) is 1.37. The molecule has 0 radical (unpaired) electrons. The largest absolute Gasteiger partial charge is 0.392 e. The van der Waals surface area contributed by atoms with Crippen LogP contribution in [-0.4, -0.2) is 16.1 Å². The van der Waals surface area contributed by atoms with E-state index < -0.39 is 4.92 Å². The number of benzene rings is 1. The summed E-state index contributed by atoms with van der Waals surface area (Å²) in [5.41, 5.74) is 1.05. The van der Waals surface area contributed by atoms with Crippen molar-refractivity contribution in [3.8, 4) is 0 Å². The standard InChI is InChI=1S/C12H15NO3/c1-8-6-11(8)12(14)7-9-2-4-10(5-3-9)13(15)16/h2-5,8,11-12,14H,6-7H2,1H3. The van der Waals surface area contributed by atoms with Crippen LogP contribution in [0.25, 0.3) is 0 Å². The number of aliphatic hydroxyl groups is 1. The molecular weight excluding hydrogens is 206 g/mol. The minimum absolute atomic E-state index is 0.0954. The van der Waals surface area contributed by atoms with E-state index in [2.05, 4.69) is 6.92 Å². The third-order valence-corrected chi connectivity index (χ3v) is 3.26. The fourth-order valence-corrected chi connectivity index (χ4v) is 2.03. The molecule has 1 aromatic carbocycles. The second kappa shape index (κ2) is 4.22. The molecule has 86 valence electrons. The van der Waals surface area contributed by atoms with Gasteiger partial charge in [-0.15, -0.1) is 0 Å². The molecular formula is C12H15NO3. The number of nitrogens with zero attached hydrogens (tertiary/aromatic N) is 1. The maximum atomic E-state index is 10.5. The summed E-state index contributed by atoms with van der Waals surface area (Å²) >= 11 is 0. The van der Waals surface area contributed by atoms with Gasteiger partial charge in [0.15, 0.2) is 0 Å². The molecule has 0 spiro atoms. The summed E-state index contributed by atoms with van der Waals surface area (Å²) in [5.74, 6) is 1.03. The lowest BCUT2D eigenvalue weighted by Gasteiger charge is -2.09. The Morgan fingerprint density at radius 1 is 1.50 bits per heavy atom. The van der Waals surface area contributed by atoms with Gasteiger partial charge in [0.2, 0.25) is 0 Å². The van der Waals surface area contributed by atoms with Gasteiger partial charge in [-0.2, -0.15) is 0 Å². The third-order valence-electron chi connectivity index (χ3n) is 3.26. The molecule has 1 aliphatic rings. The molecule has 0 amide bonds. The second-order valence-corrected chi connectivity index (χ2v) is 4.57. The monoisotopic (exact) mass is 221 g/mol. The van der Waals surface area contributed by atoms with Gasteiger partial charge >= 0.3 is 0 Å². The molecule has 1 fully saturated rings. The Kier molecular flexibility index (Phi) is 2.92. The van der Waals surface area contributed by atoms with Gasteiger partial charge in [-0.1, -0.05) is 19.1 Å². The number of hydrogen-bond donors (Lipinski definition) is 1. The zero-order valence-electron chi connectivity index (χ0n) is 9.17. The fraction of sp³-hybridized carbons (Fsp3) is 0.500. The van der Waals surface area contributed by atoms with Crippen molar-refractivity contribution in [2.24, 2.45) is 11.8 Å². The van der Waals surface area contributed by atoms with E-state index in [1.54, 1.807) is 12.1 Å². The molecule has 0 aromatic heterocycles. The van der Waals surface area contributed by atoms with E-state index in [0.29, 0.717) is 18.3 Å². The minimum Gasteiger partial charge on any atom is -0.392 e. The number of non-ortho nitro benzene ring substituents is 1. The quantitative estimate of drug-likeness (QED) is 0.626. The van der Waals surface area contributed by atoms with Crippen LogP contribution in [0, 0.1) is 22.0 Å². The van der Waals surface area contributed by atoms with E-state index in [9.17, 15) is 15.2 Å². The van der Waals surface area contributed by atoms with E-state index in [0.717, 1.165) is 12.0 Å². The average molecular weight is 221 g/mol. The Morgan fingerprint density at radius 3 is 2.50 bits per heavy atom. The summed E-state index contributed by atoms with van der Waals surface area (Å²) in [6.45, 7) is 2.13. The van der Waals surface area contributed by atoms with Gasteiger partial charge in [0, 0.05) is 12.1 Å². The maximum Gasteiger partial charge on any atom is 0.269 e. The predicted molar refractivity (Wildman–Crippen MR) is 60.1 cm³/mol. The molecule has 4 heteroatoms. The zero-order valence-corrected chi connectivity index (χ0v) is 9.17. The minimum atomic E-state index is -0.414. The van der Waals surface area contributed by atoms with E-state index >= 15 is 0 Å². The molecule has 4 nitrogen and oxygen atoms in total. The maximum absolute atomic E-state index is 10.5. The second-order valence-electron chi connectivity index (χ2n) is 4.57. The lowest BCUT2D eigenvalue weighted by molar-refractivity contribution is -0.384. The smallest absolute Gasteiger partial charge is 0.269 e. The van der Waals surface area contributed by atoms with Gasteiger partial charge in [-0.25, -0.2) is 0 Å². The zero-order chi connectivity index (χ0) is 11.7. The molecule has 3 unspecified atom stereocenters. The Hall–Kier alpha value is -1.42. The van der Waals surface area contributed by atoms with Crippen LogP contribution in [0.1, 0.15) is 18.9 Å².